The topological polar surface area (TPSA) is 76.7 Å². The van der Waals surface area contributed by atoms with Crippen molar-refractivity contribution in [3.05, 3.63) is 53.1 Å². The lowest BCUT2D eigenvalue weighted by atomic mass is 10.0. The SMILES string of the molecule is CCc1cccc(C)c1NC(=O)C1(C(=O)NCc2ccc(OC)c(OC)c2)CC1. The third-order valence-electron chi connectivity index (χ3n) is 5.50. The lowest BCUT2D eigenvalue weighted by molar-refractivity contribution is -0.134. The molecule has 0 aliphatic heterocycles. The Kier molecular flexibility index (Phi) is 6.11. The number of carbonyl (C=O) groups excluding carboxylic acids is 2. The molecule has 2 amide bonds. The summed E-state index contributed by atoms with van der Waals surface area (Å²) < 4.78 is 10.5. The van der Waals surface area contributed by atoms with Gasteiger partial charge in [0.15, 0.2) is 11.5 Å². The molecule has 1 aliphatic carbocycles. The van der Waals surface area contributed by atoms with Crippen LogP contribution in [0.1, 0.15) is 36.5 Å². The fourth-order valence-corrected chi connectivity index (χ4v) is 3.46. The predicted octanol–water partition coefficient (Wildman–Crippen LogP) is 3.61. The number of ether oxygens (including phenoxy) is 2. The standard InChI is InChI=1S/C23H28N2O4/c1-5-17-8-6-7-15(2)20(17)25-22(27)23(11-12-23)21(26)24-14-16-9-10-18(28-3)19(13-16)29-4/h6-10,13H,5,11-12,14H2,1-4H3,(H,24,26)(H,25,27). The molecule has 2 N–H and O–H groups in total. The third kappa shape index (κ3) is 4.21. The first kappa shape index (κ1) is 20.7. The van der Waals surface area contributed by atoms with E-state index >= 15 is 0 Å². The molecule has 29 heavy (non-hydrogen) atoms. The molecule has 0 radical (unpaired) electrons. The van der Waals surface area contributed by atoms with Gasteiger partial charge >= 0.3 is 0 Å². The molecular formula is C23H28N2O4. The smallest absolute Gasteiger partial charge is 0.240 e. The number of benzene rings is 2. The zero-order chi connectivity index (χ0) is 21.0. The summed E-state index contributed by atoms with van der Waals surface area (Å²) in [6.45, 7) is 4.33. The number of amides is 2. The zero-order valence-corrected chi connectivity index (χ0v) is 17.4. The van der Waals surface area contributed by atoms with Crippen molar-refractivity contribution < 1.29 is 19.1 Å². The van der Waals surface area contributed by atoms with Crippen LogP contribution in [0, 0.1) is 12.3 Å². The number of anilines is 1. The van der Waals surface area contributed by atoms with Gasteiger partial charge in [-0.15, -0.1) is 0 Å². The van der Waals surface area contributed by atoms with Crippen molar-refractivity contribution in [3.63, 3.8) is 0 Å². The van der Waals surface area contributed by atoms with Crippen molar-refractivity contribution in [2.24, 2.45) is 5.41 Å². The highest BCUT2D eigenvalue weighted by Gasteiger charge is 2.56. The fourth-order valence-electron chi connectivity index (χ4n) is 3.46. The van der Waals surface area contributed by atoms with E-state index in [-0.39, 0.29) is 11.8 Å². The molecule has 0 saturated heterocycles. The molecule has 0 aromatic heterocycles. The minimum Gasteiger partial charge on any atom is -0.493 e. The van der Waals surface area contributed by atoms with Crippen molar-refractivity contribution in [2.45, 2.75) is 39.7 Å². The molecule has 2 aromatic carbocycles. The van der Waals surface area contributed by atoms with Crippen LogP contribution in [-0.4, -0.2) is 26.0 Å². The summed E-state index contributed by atoms with van der Waals surface area (Å²) in [6.07, 6.45) is 1.93. The summed E-state index contributed by atoms with van der Waals surface area (Å²) >= 11 is 0. The molecule has 0 unspecified atom stereocenters. The molecule has 0 atom stereocenters. The van der Waals surface area contributed by atoms with Gasteiger partial charge in [0, 0.05) is 12.2 Å². The maximum absolute atomic E-state index is 12.9. The first-order valence-electron chi connectivity index (χ1n) is 9.84. The zero-order valence-electron chi connectivity index (χ0n) is 17.4. The lowest BCUT2D eigenvalue weighted by Gasteiger charge is -2.18. The Balaban J connectivity index is 1.67. The normalized spacial score (nSPS) is 14.1. The average molecular weight is 396 g/mol. The highest BCUT2D eigenvalue weighted by atomic mass is 16.5. The van der Waals surface area contributed by atoms with Crippen LogP contribution in [0.2, 0.25) is 0 Å². The monoisotopic (exact) mass is 396 g/mol. The van der Waals surface area contributed by atoms with Crippen LogP contribution >= 0.6 is 0 Å². The molecular weight excluding hydrogens is 368 g/mol. The molecule has 0 bridgehead atoms. The Labute approximate surface area is 171 Å². The molecule has 1 saturated carbocycles. The summed E-state index contributed by atoms with van der Waals surface area (Å²) in [5, 5.41) is 5.91. The van der Waals surface area contributed by atoms with Crippen LogP contribution < -0.4 is 20.1 Å². The molecule has 0 heterocycles. The van der Waals surface area contributed by atoms with Crippen LogP contribution in [0.15, 0.2) is 36.4 Å². The maximum atomic E-state index is 12.9. The van der Waals surface area contributed by atoms with Gasteiger partial charge in [0.25, 0.3) is 0 Å². The summed E-state index contributed by atoms with van der Waals surface area (Å²) in [7, 11) is 3.15. The number of hydrogen-bond acceptors (Lipinski definition) is 4. The number of aryl methyl sites for hydroxylation is 2. The molecule has 1 aliphatic rings. The van der Waals surface area contributed by atoms with Crippen LogP contribution in [0.5, 0.6) is 11.5 Å². The highest BCUT2D eigenvalue weighted by Crippen LogP contribution is 2.47. The largest absolute Gasteiger partial charge is 0.493 e. The van der Waals surface area contributed by atoms with Crippen LogP contribution in [0.4, 0.5) is 5.69 Å². The van der Waals surface area contributed by atoms with E-state index < -0.39 is 5.41 Å². The van der Waals surface area contributed by atoms with Crippen molar-refractivity contribution in [3.8, 4) is 11.5 Å². The molecule has 2 aromatic rings. The number of carbonyl (C=O) groups is 2. The lowest BCUT2D eigenvalue weighted by Crippen LogP contribution is -2.39. The first-order chi connectivity index (χ1) is 13.9. The van der Waals surface area contributed by atoms with Gasteiger partial charge in [-0.3, -0.25) is 9.59 Å². The van der Waals surface area contributed by atoms with E-state index in [2.05, 4.69) is 10.6 Å². The summed E-state index contributed by atoms with van der Waals surface area (Å²) in [5.41, 5.74) is 2.78. The Morgan fingerprint density at radius 2 is 1.76 bits per heavy atom. The molecule has 1 fully saturated rings. The van der Waals surface area contributed by atoms with Crippen molar-refractivity contribution >= 4 is 17.5 Å². The second-order valence-corrected chi connectivity index (χ2v) is 7.37. The molecule has 6 nitrogen and oxygen atoms in total. The van der Waals surface area contributed by atoms with Crippen LogP contribution in [0.25, 0.3) is 0 Å². The Hall–Kier alpha value is -3.02. The van der Waals surface area contributed by atoms with E-state index in [0.29, 0.717) is 30.9 Å². The number of para-hydroxylation sites is 1. The predicted molar refractivity (Wildman–Crippen MR) is 112 cm³/mol. The molecule has 0 spiro atoms. The van der Waals surface area contributed by atoms with E-state index in [9.17, 15) is 9.59 Å². The van der Waals surface area contributed by atoms with Crippen LogP contribution in [-0.2, 0) is 22.6 Å². The van der Waals surface area contributed by atoms with E-state index in [4.69, 9.17) is 9.47 Å². The molecule has 3 rings (SSSR count). The number of nitrogens with one attached hydrogen (secondary N) is 2. The Bertz CT molecular complexity index is 919. The van der Waals surface area contributed by atoms with Gasteiger partial charge < -0.3 is 20.1 Å². The van der Waals surface area contributed by atoms with Gasteiger partial charge in [-0.2, -0.15) is 0 Å². The van der Waals surface area contributed by atoms with Crippen molar-refractivity contribution in [1.82, 2.24) is 5.32 Å². The first-order valence-corrected chi connectivity index (χ1v) is 9.84. The van der Waals surface area contributed by atoms with Gasteiger partial charge in [0.05, 0.1) is 14.2 Å². The van der Waals surface area contributed by atoms with E-state index in [0.717, 1.165) is 28.8 Å². The van der Waals surface area contributed by atoms with Gasteiger partial charge in [-0.05, 0) is 55.0 Å². The number of rotatable bonds is 8. The van der Waals surface area contributed by atoms with Gasteiger partial charge in [-0.1, -0.05) is 31.2 Å². The summed E-state index contributed by atoms with van der Waals surface area (Å²) in [4.78, 5) is 25.8. The van der Waals surface area contributed by atoms with E-state index in [1.807, 2.05) is 44.2 Å². The minimum atomic E-state index is -0.982. The Morgan fingerprint density at radius 3 is 2.38 bits per heavy atom. The fraction of sp³-hybridized carbons (Fsp3) is 0.391. The van der Waals surface area contributed by atoms with Crippen molar-refractivity contribution in [2.75, 3.05) is 19.5 Å². The quantitative estimate of drug-likeness (QED) is 0.669. The second-order valence-electron chi connectivity index (χ2n) is 7.37. The minimum absolute atomic E-state index is 0.230. The molecule has 6 heteroatoms. The van der Waals surface area contributed by atoms with Gasteiger partial charge in [0.1, 0.15) is 5.41 Å². The van der Waals surface area contributed by atoms with E-state index in [1.165, 1.54) is 0 Å². The maximum Gasteiger partial charge on any atom is 0.240 e. The number of hydrogen-bond donors (Lipinski definition) is 2. The van der Waals surface area contributed by atoms with E-state index in [1.54, 1.807) is 20.3 Å². The van der Waals surface area contributed by atoms with Gasteiger partial charge in [-0.25, -0.2) is 0 Å². The number of methoxy groups -OCH3 is 2. The van der Waals surface area contributed by atoms with Crippen molar-refractivity contribution in [1.29, 1.82) is 0 Å². The van der Waals surface area contributed by atoms with Crippen LogP contribution in [0.3, 0.4) is 0 Å². The third-order valence-corrected chi connectivity index (χ3v) is 5.50. The highest BCUT2D eigenvalue weighted by molar-refractivity contribution is 6.13. The van der Waals surface area contributed by atoms with Gasteiger partial charge in [0.2, 0.25) is 11.8 Å². The molecule has 154 valence electrons. The summed E-state index contributed by atoms with van der Waals surface area (Å²) in [5.74, 6) is 0.762. The second kappa shape index (κ2) is 8.55. The summed E-state index contributed by atoms with van der Waals surface area (Å²) in [6, 6.07) is 11.4. The Morgan fingerprint density at radius 1 is 1.03 bits per heavy atom. The average Bonchev–Trinajstić information content (AvgIpc) is 3.55.